The summed E-state index contributed by atoms with van der Waals surface area (Å²) in [6, 6.07) is 16.2. The number of benzene rings is 2. The van der Waals surface area contributed by atoms with E-state index in [0.29, 0.717) is 18.9 Å². The number of hydrogen-bond acceptors (Lipinski definition) is 8. The maximum Gasteiger partial charge on any atom is 0.407 e. The Morgan fingerprint density at radius 1 is 1.12 bits per heavy atom. The molecule has 3 aromatic rings. The Kier molecular flexibility index (Phi) is 6.77. The molecule has 0 spiro atoms. The molecule has 0 radical (unpaired) electrons. The van der Waals surface area contributed by atoms with Crippen LogP contribution in [0.25, 0.3) is 11.1 Å². The number of carbonyl (C=O) groups is 1. The number of fused-ring (bicyclic) bond motifs is 3. The number of anilines is 1. The van der Waals surface area contributed by atoms with Gasteiger partial charge in [-0.05, 0) is 22.3 Å². The number of hydrogen-bond donors (Lipinski definition) is 3. The SMILES string of the molecule is O=C(NCC(O)C(O)c1csc(N2CCOCC2)n1)OCC1c2ccccc2-c2ccccc21. The summed E-state index contributed by atoms with van der Waals surface area (Å²) in [6.07, 6.45) is -3.06. The first kappa shape index (κ1) is 22.8. The number of aromatic nitrogens is 1. The first-order chi connectivity index (χ1) is 16.6. The molecule has 2 atom stereocenters. The molecule has 8 nitrogen and oxygen atoms in total. The van der Waals surface area contributed by atoms with Gasteiger partial charge in [-0.2, -0.15) is 0 Å². The summed E-state index contributed by atoms with van der Waals surface area (Å²) in [5.41, 5.74) is 4.96. The lowest BCUT2D eigenvalue weighted by molar-refractivity contribution is 0.0164. The minimum atomic E-state index is -1.21. The Labute approximate surface area is 201 Å². The highest BCUT2D eigenvalue weighted by Gasteiger charge is 2.29. The molecule has 34 heavy (non-hydrogen) atoms. The average Bonchev–Trinajstić information content (AvgIpc) is 3.50. The molecule has 9 heteroatoms. The summed E-state index contributed by atoms with van der Waals surface area (Å²) in [6.45, 7) is 2.81. The van der Waals surface area contributed by atoms with Crippen molar-refractivity contribution in [3.8, 4) is 11.1 Å². The van der Waals surface area contributed by atoms with Crippen LogP contribution in [0.15, 0.2) is 53.9 Å². The van der Waals surface area contributed by atoms with E-state index in [9.17, 15) is 15.0 Å². The van der Waals surface area contributed by atoms with Crippen molar-refractivity contribution in [1.82, 2.24) is 10.3 Å². The van der Waals surface area contributed by atoms with Crippen molar-refractivity contribution in [2.45, 2.75) is 18.1 Å². The molecule has 5 rings (SSSR count). The Morgan fingerprint density at radius 2 is 1.76 bits per heavy atom. The van der Waals surface area contributed by atoms with Gasteiger partial charge in [-0.1, -0.05) is 48.5 Å². The quantitative estimate of drug-likeness (QED) is 0.477. The van der Waals surface area contributed by atoms with E-state index in [2.05, 4.69) is 39.5 Å². The van der Waals surface area contributed by atoms with Crippen LogP contribution in [0.5, 0.6) is 0 Å². The van der Waals surface area contributed by atoms with Gasteiger partial charge in [0, 0.05) is 30.9 Å². The summed E-state index contributed by atoms with van der Waals surface area (Å²) >= 11 is 1.41. The monoisotopic (exact) mass is 481 g/mol. The lowest BCUT2D eigenvalue weighted by Gasteiger charge is -2.26. The van der Waals surface area contributed by atoms with Crippen LogP contribution >= 0.6 is 11.3 Å². The number of nitrogens with zero attached hydrogens (tertiary/aromatic N) is 2. The third-order valence-corrected chi connectivity index (χ3v) is 7.18. The van der Waals surface area contributed by atoms with Gasteiger partial charge in [-0.15, -0.1) is 11.3 Å². The van der Waals surface area contributed by atoms with Gasteiger partial charge in [0.05, 0.1) is 18.9 Å². The van der Waals surface area contributed by atoms with E-state index in [4.69, 9.17) is 9.47 Å². The van der Waals surface area contributed by atoms with Gasteiger partial charge in [0.15, 0.2) is 5.13 Å². The zero-order valence-electron chi connectivity index (χ0n) is 18.6. The smallest absolute Gasteiger partial charge is 0.407 e. The summed E-state index contributed by atoms with van der Waals surface area (Å²) in [4.78, 5) is 18.9. The molecule has 2 heterocycles. The number of aliphatic hydroxyl groups is 2. The number of morpholine rings is 1. The molecule has 178 valence electrons. The predicted octanol–water partition coefficient (Wildman–Crippen LogP) is 2.91. The van der Waals surface area contributed by atoms with E-state index in [1.165, 1.54) is 11.3 Å². The normalized spacial score (nSPS) is 17.1. The van der Waals surface area contributed by atoms with Crippen LogP contribution in [0.3, 0.4) is 0 Å². The molecule has 2 aliphatic rings. The van der Waals surface area contributed by atoms with Crippen LogP contribution in [0.4, 0.5) is 9.93 Å². The van der Waals surface area contributed by atoms with Gasteiger partial charge >= 0.3 is 6.09 Å². The lowest BCUT2D eigenvalue weighted by atomic mass is 9.98. The fourth-order valence-electron chi connectivity index (χ4n) is 4.46. The molecule has 1 aliphatic heterocycles. The second-order valence-electron chi connectivity index (χ2n) is 8.37. The van der Waals surface area contributed by atoms with Crippen LogP contribution in [0.2, 0.25) is 0 Å². The second kappa shape index (κ2) is 10.1. The van der Waals surface area contributed by atoms with E-state index in [0.717, 1.165) is 40.5 Å². The summed E-state index contributed by atoms with van der Waals surface area (Å²) < 4.78 is 10.8. The zero-order chi connectivity index (χ0) is 23.5. The Bertz CT molecular complexity index is 1100. The number of ether oxygens (including phenoxy) is 2. The van der Waals surface area contributed by atoms with Gasteiger partial charge in [0.1, 0.15) is 18.8 Å². The van der Waals surface area contributed by atoms with E-state index < -0.39 is 18.3 Å². The van der Waals surface area contributed by atoms with Crippen molar-refractivity contribution in [3.05, 3.63) is 70.7 Å². The average molecular weight is 482 g/mol. The highest BCUT2D eigenvalue weighted by Crippen LogP contribution is 2.44. The maximum absolute atomic E-state index is 12.3. The standard InChI is InChI=1S/C25H27N3O5S/c29-22(23(30)21-15-34-24(27-21)28-9-11-32-12-10-28)13-26-25(31)33-14-20-18-7-3-1-5-16(18)17-6-2-4-8-19(17)20/h1-8,15,20,22-23,29-30H,9-14H2,(H,26,31). The summed E-state index contributed by atoms with van der Waals surface area (Å²) in [5, 5.41) is 26.0. The van der Waals surface area contributed by atoms with Gasteiger partial charge in [0.2, 0.25) is 0 Å². The van der Waals surface area contributed by atoms with Crippen molar-refractivity contribution in [2.75, 3.05) is 44.4 Å². The van der Waals surface area contributed by atoms with Crippen molar-refractivity contribution in [3.63, 3.8) is 0 Å². The first-order valence-corrected chi connectivity index (χ1v) is 12.2. The molecule has 1 aromatic heterocycles. The second-order valence-corrected chi connectivity index (χ2v) is 9.21. The maximum atomic E-state index is 12.3. The minimum absolute atomic E-state index is 0.0396. The molecule has 1 fully saturated rings. The third kappa shape index (κ3) is 4.65. The Morgan fingerprint density at radius 3 is 2.44 bits per heavy atom. The van der Waals surface area contributed by atoms with Crippen LogP contribution in [-0.2, 0) is 9.47 Å². The van der Waals surface area contributed by atoms with Crippen LogP contribution < -0.4 is 10.2 Å². The molecule has 3 N–H and O–H groups in total. The number of thiazole rings is 1. The summed E-state index contributed by atoms with van der Waals surface area (Å²) in [7, 11) is 0. The van der Waals surface area contributed by atoms with Gasteiger partial charge in [-0.3, -0.25) is 0 Å². The highest BCUT2D eigenvalue weighted by molar-refractivity contribution is 7.13. The van der Waals surface area contributed by atoms with Crippen molar-refractivity contribution >= 4 is 22.6 Å². The summed E-state index contributed by atoms with van der Waals surface area (Å²) in [5.74, 6) is -0.0396. The molecule has 1 saturated heterocycles. The topological polar surface area (TPSA) is 104 Å². The Balaban J connectivity index is 1.14. The molecule has 0 saturated carbocycles. The molecular weight excluding hydrogens is 454 g/mol. The number of aliphatic hydroxyl groups excluding tert-OH is 2. The fourth-order valence-corrected chi connectivity index (χ4v) is 5.37. The number of nitrogens with one attached hydrogen (secondary N) is 1. The first-order valence-electron chi connectivity index (χ1n) is 11.3. The van der Waals surface area contributed by atoms with E-state index in [1.807, 2.05) is 24.3 Å². The number of rotatable bonds is 7. The number of carbonyl (C=O) groups excluding carboxylic acids is 1. The lowest BCUT2D eigenvalue weighted by Crippen LogP contribution is -2.37. The van der Waals surface area contributed by atoms with E-state index in [-0.39, 0.29) is 19.1 Å². The van der Waals surface area contributed by atoms with Crippen molar-refractivity contribution in [1.29, 1.82) is 0 Å². The number of alkyl carbamates (subject to hydrolysis) is 1. The molecule has 2 unspecified atom stereocenters. The van der Waals surface area contributed by atoms with Crippen LogP contribution in [0, 0.1) is 0 Å². The minimum Gasteiger partial charge on any atom is -0.449 e. The van der Waals surface area contributed by atoms with Crippen molar-refractivity contribution in [2.24, 2.45) is 0 Å². The molecular formula is C25H27N3O5S. The zero-order valence-corrected chi connectivity index (χ0v) is 19.4. The van der Waals surface area contributed by atoms with E-state index in [1.54, 1.807) is 5.38 Å². The van der Waals surface area contributed by atoms with Crippen molar-refractivity contribution < 1.29 is 24.5 Å². The number of amides is 1. The van der Waals surface area contributed by atoms with Gasteiger partial charge < -0.3 is 29.9 Å². The largest absolute Gasteiger partial charge is 0.449 e. The van der Waals surface area contributed by atoms with Crippen LogP contribution in [0.1, 0.15) is 28.8 Å². The molecule has 1 amide bonds. The van der Waals surface area contributed by atoms with Gasteiger partial charge in [0.25, 0.3) is 0 Å². The molecule has 0 bridgehead atoms. The fraction of sp³-hybridized carbons (Fsp3) is 0.360. The predicted molar refractivity (Wildman–Crippen MR) is 129 cm³/mol. The molecule has 2 aromatic carbocycles. The van der Waals surface area contributed by atoms with Gasteiger partial charge in [-0.25, -0.2) is 9.78 Å². The van der Waals surface area contributed by atoms with E-state index >= 15 is 0 Å². The third-order valence-electron chi connectivity index (χ3n) is 6.26. The molecule has 1 aliphatic carbocycles. The van der Waals surface area contributed by atoms with Crippen LogP contribution in [-0.4, -0.2) is 66.8 Å². The Hall–Kier alpha value is -2.98. The highest BCUT2D eigenvalue weighted by atomic mass is 32.1.